The molecular formula is C34H39N5O3. The van der Waals surface area contributed by atoms with Crippen LogP contribution in [-0.4, -0.2) is 64.4 Å². The van der Waals surface area contributed by atoms with E-state index >= 15 is 0 Å². The summed E-state index contributed by atoms with van der Waals surface area (Å²) in [5.74, 6) is 1.20. The third-order valence-corrected chi connectivity index (χ3v) is 9.28. The van der Waals surface area contributed by atoms with E-state index in [-0.39, 0.29) is 18.1 Å². The topological polar surface area (TPSA) is 92.4 Å². The number of H-pyrrole nitrogens is 1. The maximum Gasteiger partial charge on any atom is 0.251 e. The lowest BCUT2D eigenvalue weighted by molar-refractivity contribution is -0.0778. The molecule has 218 valence electrons. The summed E-state index contributed by atoms with van der Waals surface area (Å²) in [5.41, 5.74) is 4.28. The average Bonchev–Trinajstić information content (AvgIpc) is 3.44. The Morgan fingerprint density at radius 1 is 0.976 bits per heavy atom. The van der Waals surface area contributed by atoms with Crippen LogP contribution in [0.15, 0.2) is 66.9 Å². The molecule has 2 N–H and O–H groups in total. The van der Waals surface area contributed by atoms with Gasteiger partial charge in [0, 0.05) is 35.8 Å². The molecule has 2 aromatic carbocycles. The fourth-order valence-electron chi connectivity index (χ4n) is 6.74. The van der Waals surface area contributed by atoms with E-state index < -0.39 is 0 Å². The van der Waals surface area contributed by atoms with Crippen LogP contribution in [-0.2, 0) is 4.74 Å². The third-order valence-electron chi connectivity index (χ3n) is 9.28. The number of rotatable bonds is 8. The van der Waals surface area contributed by atoms with Gasteiger partial charge in [0.1, 0.15) is 11.9 Å². The van der Waals surface area contributed by atoms with Gasteiger partial charge in [-0.3, -0.25) is 19.8 Å². The monoisotopic (exact) mass is 565 g/mol. The minimum atomic E-state index is -0.0921. The van der Waals surface area contributed by atoms with Crippen molar-refractivity contribution < 1.29 is 14.3 Å². The molecule has 7 rings (SSSR count). The number of hydrogen-bond donors (Lipinski definition) is 2. The molecule has 8 heteroatoms. The van der Waals surface area contributed by atoms with Crippen LogP contribution in [0, 0.1) is 5.92 Å². The Morgan fingerprint density at radius 2 is 1.79 bits per heavy atom. The maximum absolute atomic E-state index is 13.6. The molecule has 2 aromatic heterocycles. The number of fused-ring (bicyclic) bond motifs is 1. The third kappa shape index (κ3) is 5.78. The Kier molecular flexibility index (Phi) is 7.90. The SMILES string of the molecule is O=C(NC(c1ccccn1)C1CCCCC1)c1ccc2[nH]nc(-c3ccc(OC4CCN(C5COC5)CC4)cc3)c2c1. The number of piperidine rings is 1. The van der Waals surface area contributed by atoms with E-state index in [2.05, 4.69) is 37.5 Å². The Balaban J connectivity index is 1.05. The van der Waals surface area contributed by atoms with Crippen molar-refractivity contribution in [3.8, 4) is 17.0 Å². The number of amides is 1. The second kappa shape index (κ2) is 12.2. The number of carbonyl (C=O) groups is 1. The van der Waals surface area contributed by atoms with Gasteiger partial charge in [-0.2, -0.15) is 5.10 Å². The summed E-state index contributed by atoms with van der Waals surface area (Å²) in [6, 6.07) is 20.4. The van der Waals surface area contributed by atoms with Crippen LogP contribution in [0.25, 0.3) is 22.2 Å². The first-order valence-electron chi connectivity index (χ1n) is 15.5. The number of carbonyl (C=O) groups excluding carboxylic acids is 1. The van der Waals surface area contributed by atoms with Crippen molar-refractivity contribution in [1.82, 2.24) is 25.4 Å². The fraction of sp³-hybridized carbons (Fsp3) is 0.441. The summed E-state index contributed by atoms with van der Waals surface area (Å²) >= 11 is 0. The van der Waals surface area contributed by atoms with Crippen molar-refractivity contribution in [3.05, 3.63) is 78.1 Å². The molecule has 1 unspecified atom stereocenters. The Bertz CT molecular complexity index is 1490. The van der Waals surface area contributed by atoms with Crippen LogP contribution < -0.4 is 10.1 Å². The van der Waals surface area contributed by atoms with E-state index in [1.54, 1.807) is 0 Å². The van der Waals surface area contributed by atoms with Gasteiger partial charge in [-0.05, 0) is 86.2 Å². The van der Waals surface area contributed by atoms with Crippen LogP contribution in [0.5, 0.6) is 5.75 Å². The Morgan fingerprint density at radius 3 is 2.50 bits per heavy atom. The van der Waals surface area contributed by atoms with Crippen LogP contribution >= 0.6 is 0 Å². The fourth-order valence-corrected chi connectivity index (χ4v) is 6.74. The lowest BCUT2D eigenvalue weighted by atomic mass is 9.82. The highest BCUT2D eigenvalue weighted by Gasteiger charge is 2.30. The van der Waals surface area contributed by atoms with Crippen molar-refractivity contribution in [3.63, 3.8) is 0 Å². The second-order valence-corrected chi connectivity index (χ2v) is 12.0. The van der Waals surface area contributed by atoms with Gasteiger partial charge in [0.2, 0.25) is 0 Å². The van der Waals surface area contributed by atoms with Gasteiger partial charge in [0.05, 0.1) is 42.2 Å². The van der Waals surface area contributed by atoms with Gasteiger partial charge in [-0.25, -0.2) is 0 Å². The molecule has 0 radical (unpaired) electrons. The van der Waals surface area contributed by atoms with E-state index in [4.69, 9.17) is 9.47 Å². The average molecular weight is 566 g/mol. The molecule has 0 bridgehead atoms. The molecule has 4 aromatic rings. The molecule has 42 heavy (non-hydrogen) atoms. The van der Waals surface area contributed by atoms with Gasteiger partial charge in [-0.1, -0.05) is 25.3 Å². The lowest BCUT2D eigenvalue weighted by Crippen LogP contribution is -2.52. The van der Waals surface area contributed by atoms with E-state index in [0.29, 0.717) is 17.5 Å². The summed E-state index contributed by atoms with van der Waals surface area (Å²) in [7, 11) is 0. The first-order chi connectivity index (χ1) is 20.7. The Labute approximate surface area is 246 Å². The van der Waals surface area contributed by atoms with Crippen LogP contribution in [0.1, 0.15) is 67.0 Å². The molecule has 2 saturated heterocycles. The van der Waals surface area contributed by atoms with Gasteiger partial charge in [0.25, 0.3) is 5.91 Å². The highest BCUT2D eigenvalue weighted by Crippen LogP contribution is 2.35. The van der Waals surface area contributed by atoms with E-state index in [1.807, 2.05) is 54.7 Å². The normalized spacial score (nSPS) is 19.8. The predicted octanol–water partition coefficient (Wildman–Crippen LogP) is 5.92. The molecule has 3 fully saturated rings. The molecule has 0 spiro atoms. The van der Waals surface area contributed by atoms with Crippen molar-refractivity contribution in [2.24, 2.45) is 5.92 Å². The van der Waals surface area contributed by atoms with Gasteiger partial charge >= 0.3 is 0 Å². The van der Waals surface area contributed by atoms with Crippen LogP contribution in [0.3, 0.4) is 0 Å². The number of aromatic nitrogens is 3. The molecule has 1 saturated carbocycles. The number of ether oxygens (including phenoxy) is 2. The van der Waals surface area contributed by atoms with Crippen molar-refractivity contribution in [2.45, 2.75) is 63.1 Å². The Hall–Kier alpha value is -3.75. The number of likely N-dealkylation sites (tertiary alicyclic amines) is 1. The summed E-state index contributed by atoms with van der Waals surface area (Å²) in [5, 5.41) is 12.0. The molecule has 2 aliphatic heterocycles. The standard InChI is InChI=1S/C34H39N5O3/c40-34(36-33(23-6-2-1-3-7-23)31-8-4-5-17-35-31)25-11-14-30-29(20-25)32(38-37-30)24-9-12-27(13-10-24)42-28-15-18-39(19-16-28)26-21-41-22-26/h4-5,8-14,17,20,23,26,28,33H,1-3,6-7,15-16,18-19,21-22H2,(H,36,40)(H,37,38). The van der Waals surface area contributed by atoms with Gasteiger partial charge < -0.3 is 14.8 Å². The summed E-state index contributed by atoms with van der Waals surface area (Å²) in [6.07, 6.45) is 10.0. The molecule has 1 atom stereocenters. The summed E-state index contributed by atoms with van der Waals surface area (Å²) in [4.78, 5) is 20.7. The highest BCUT2D eigenvalue weighted by atomic mass is 16.5. The number of aromatic amines is 1. The quantitative estimate of drug-likeness (QED) is 0.276. The molecule has 1 aliphatic carbocycles. The zero-order chi connectivity index (χ0) is 28.3. The van der Waals surface area contributed by atoms with Gasteiger partial charge in [-0.15, -0.1) is 0 Å². The lowest BCUT2D eigenvalue weighted by Gasteiger charge is -2.41. The minimum Gasteiger partial charge on any atom is -0.490 e. The minimum absolute atomic E-state index is 0.0788. The van der Waals surface area contributed by atoms with Crippen molar-refractivity contribution in [2.75, 3.05) is 26.3 Å². The first-order valence-corrected chi connectivity index (χ1v) is 15.5. The molecule has 3 aliphatic rings. The van der Waals surface area contributed by atoms with E-state index in [1.165, 1.54) is 19.3 Å². The van der Waals surface area contributed by atoms with Crippen LogP contribution in [0.4, 0.5) is 0 Å². The van der Waals surface area contributed by atoms with Crippen molar-refractivity contribution in [1.29, 1.82) is 0 Å². The zero-order valence-electron chi connectivity index (χ0n) is 24.0. The zero-order valence-corrected chi connectivity index (χ0v) is 24.0. The molecular weight excluding hydrogens is 526 g/mol. The van der Waals surface area contributed by atoms with E-state index in [0.717, 1.165) is 85.6 Å². The number of benzene rings is 2. The van der Waals surface area contributed by atoms with Crippen molar-refractivity contribution >= 4 is 16.8 Å². The predicted molar refractivity (Wildman–Crippen MR) is 162 cm³/mol. The molecule has 1 amide bonds. The molecule has 4 heterocycles. The highest BCUT2D eigenvalue weighted by molar-refractivity contribution is 6.01. The maximum atomic E-state index is 13.6. The smallest absolute Gasteiger partial charge is 0.251 e. The van der Waals surface area contributed by atoms with Crippen LogP contribution in [0.2, 0.25) is 0 Å². The number of hydrogen-bond acceptors (Lipinski definition) is 6. The van der Waals surface area contributed by atoms with Gasteiger partial charge in [0.15, 0.2) is 0 Å². The number of nitrogens with zero attached hydrogens (tertiary/aromatic N) is 3. The second-order valence-electron chi connectivity index (χ2n) is 12.0. The largest absolute Gasteiger partial charge is 0.490 e. The summed E-state index contributed by atoms with van der Waals surface area (Å²) in [6.45, 7) is 3.87. The summed E-state index contributed by atoms with van der Waals surface area (Å²) < 4.78 is 11.7. The number of pyridine rings is 1. The van der Waals surface area contributed by atoms with E-state index in [9.17, 15) is 4.79 Å². The first kappa shape index (κ1) is 27.1. The number of nitrogens with one attached hydrogen (secondary N) is 2. The molecule has 8 nitrogen and oxygen atoms in total.